The van der Waals surface area contributed by atoms with Crippen LogP contribution in [0.2, 0.25) is 0 Å². The molecule has 0 aromatic rings. The fraction of sp³-hybridized carbons (Fsp3) is 1.00. The summed E-state index contributed by atoms with van der Waals surface area (Å²) in [5.41, 5.74) is 0. The Kier molecular flexibility index (Phi) is 3.50. The van der Waals surface area contributed by atoms with Gasteiger partial charge in [-0.3, -0.25) is 0 Å². The molecule has 1 aliphatic carbocycles. The Morgan fingerprint density at radius 3 is 2.33 bits per heavy atom. The van der Waals surface area contributed by atoms with E-state index in [-0.39, 0.29) is 5.92 Å². The van der Waals surface area contributed by atoms with Gasteiger partial charge < -0.3 is 15.3 Å². The van der Waals surface area contributed by atoms with E-state index in [1.165, 1.54) is 0 Å². The molecule has 0 spiro atoms. The van der Waals surface area contributed by atoms with Crippen LogP contribution < -0.4 is 0 Å². The molecule has 1 saturated carbocycles. The maximum absolute atomic E-state index is 9.50. The van der Waals surface area contributed by atoms with E-state index in [0.29, 0.717) is 19.3 Å². The fourth-order valence-electron chi connectivity index (χ4n) is 1.69. The lowest BCUT2D eigenvalue weighted by Crippen LogP contribution is -2.34. The summed E-state index contributed by atoms with van der Waals surface area (Å²) in [5.74, 6) is -0.111. The molecule has 0 radical (unpaired) electrons. The molecule has 0 amide bonds. The molecule has 3 nitrogen and oxygen atoms in total. The highest BCUT2D eigenvalue weighted by molar-refractivity contribution is 4.78. The first-order valence-electron chi connectivity index (χ1n) is 4.65. The van der Waals surface area contributed by atoms with Crippen LogP contribution in [0.25, 0.3) is 0 Å². The molecule has 0 heterocycles. The second kappa shape index (κ2) is 4.21. The quantitative estimate of drug-likeness (QED) is 0.494. The molecule has 0 aromatic heterocycles. The van der Waals surface area contributed by atoms with Crippen molar-refractivity contribution in [2.45, 2.75) is 50.9 Å². The fourth-order valence-corrected chi connectivity index (χ4v) is 1.69. The third-order valence-corrected chi connectivity index (χ3v) is 2.76. The summed E-state index contributed by atoms with van der Waals surface area (Å²) in [7, 11) is 0. The molecular formula is C9H18O3. The van der Waals surface area contributed by atoms with Gasteiger partial charge in [-0.15, -0.1) is 0 Å². The van der Waals surface area contributed by atoms with Crippen molar-refractivity contribution in [3.05, 3.63) is 0 Å². The zero-order chi connectivity index (χ0) is 9.14. The summed E-state index contributed by atoms with van der Waals surface area (Å²) in [5, 5.41) is 28.3. The lowest BCUT2D eigenvalue weighted by Gasteiger charge is -2.28. The van der Waals surface area contributed by atoms with Gasteiger partial charge in [0.1, 0.15) is 0 Å². The largest absolute Gasteiger partial charge is 0.393 e. The van der Waals surface area contributed by atoms with E-state index in [1.807, 2.05) is 6.92 Å². The van der Waals surface area contributed by atoms with Gasteiger partial charge in [-0.25, -0.2) is 0 Å². The lowest BCUT2D eigenvalue weighted by molar-refractivity contribution is -0.0247. The molecular weight excluding hydrogens is 156 g/mol. The van der Waals surface area contributed by atoms with Gasteiger partial charge >= 0.3 is 0 Å². The minimum atomic E-state index is -0.560. The van der Waals surface area contributed by atoms with E-state index < -0.39 is 18.3 Å². The van der Waals surface area contributed by atoms with Crippen LogP contribution in [-0.4, -0.2) is 33.6 Å². The first-order valence-corrected chi connectivity index (χ1v) is 4.65. The molecule has 3 heteroatoms. The van der Waals surface area contributed by atoms with Crippen molar-refractivity contribution in [2.75, 3.05) is 0 Å². The van der Waals surface area contributed by atoms with Gasteiger partial charge in [-0.05, 0) is 25.7 Å². The normalized spacial score (nSPS) is 45.0. The molecule has 3 N–H and O–H groups in total. The van der Waals surface area contributed by atoms with Gasteiger partial charge in [0.15, 0.2) is 0 Å². The molecule has 0 aromatic carbocycles. The van der Waals surface area contributed by atoms with E-state index in [9.17, 15) is 15.3 Å². The monoisotopic (exact) mass is 174 g/mol. The van der Waals surface area contributed by atoms with Gasteiger partial charge in [0.2, 0.25) is 0 Å². The van der Waals surface area contributed by atoms with Crippen LogP contribution in [0.3, 0.4) is 0 Å². The third kappa shape index (κ3) is 2.44. The predicted octanol–water partition coefficient (Wildman–Crippen LogP) is 0.279. The highest BCUT2D eigenvalue weighted by atomic mass is 16.3. The minimum Gasteiger partial charge on any atom is -0.393 e. The Balaban J connectivity index is 2.50. The Morgan fingerprint density at radius 1 is 1.00 bits per heavy atom. The molecule has 72 valence electrons. The topological polar surface area (TPSA) is 60.7 Å². The average molecular weight is 174 g/mol. The van der Waals surface area contributed by atoms with Crippen LogP contribution in [0.4, 0.5) is 0 Å². The van der Waals surface area contributed by atoms with Crippen LogP contribution in [0, 0.1) is 5.92 Å². The third-order valence-electron chi connectivity index (χ3n) is 2.76. The smallest absolute Gasteiger partial charge is 0.0615 e. The minimum absolute atomic E-state index is 0.111. The molecule has 1 fully saturated rings. The standard InChI is InChI=1S/C9H18O3/c1-6-8(11)4-2-3-7(10)5-9(6)12/h6-12H,2-5H2,1H3. The summed E-state index contributed by atoms with van der Waals surface area (Å²) in [6.45, 7) is 1.83. The van der Waals surface area contributed by atoms with Crippen LogP contribution >= 0.6 is 0 Å². The van der Waals surface area contributed by atoms with Gasteiger partial charge in [-0.2, -0.15) is 0 Å². The number of hydrogen-bond donors (Lipinski definition) is 3. The second-order valence-corrected chi connectivity index (χ2v) is 3.81. The maximum Gasteiger partial charge on any atom is 0.0615 e. The lowest BCUT2D eigenvalue weighted by atomic mass is 9.87. The molecule has 0 saturated heterocycles. The summed E-state index contributed by atoms with van der Waals surface area (Å²) in [6.07, 6.45) is 1.27. The first kappa shape index (κ1) is 9.96. The van der Waals surface area contributed by atoms with Gasteiger partial charge in [0.25, 0.3) is 0 Å². The van der Waals surface area contributed by atoms with Crippen LogP contribution in [0.5, 0.6) is 0 Å². The van der Waals surface area contributed by atoms with Crippen molar-refractivity contribution in [1.29, 1.82) is 0 Å². The van der Waals surface area contributed by atoms with E-state index in [4.69, 9.17) is 0 Å². The predicted molar refractivity (Wildman–Crippen MR) is 45.7 cm³/mol. The van der Waals surface area contributed by atoms with Gasteiger partial charge in [-0.1, -0.05) is 6.92 Å². The number of aliphatic hydroxyl groups excluding tert-OH is 3. The Bertz CT molecular complexity index is 138. The Labute approximate surface area is 73.0 Å². The second-order valence-electron chi connectivity index (χ2n) is 3.81. The van der Waals surface area contributed by atoms with Crippen molar-refractivity contribution < 1.29 is 15.3 Å². The zero-order valence-electron chi connectivity index (χ0n) is 7.48. The number of aliphatic hydroxyl groups is 3. The van der Waals surface area contributed by atoms with Crippen LogP contribution in [0.15, 0.2) is 0 Å². The molecule has 4 unspecified atom stereocenters. The van der Waals surface area contributed by atoms with Gasteiger partial charge in [0, 0.05) is 5.92 Å². The molecule has 0 aliphatic heterocycles. The zero-order valence-corrected chi connectivity index (χ0v) is 7.48. The van der Waals surface area contributed by atoms with Gasteiger partial charge in [0.05, 0.1) is 18.3 Å². The van der Waals surface area contributed by atoms with E-state index in [1.54, 1.807) is 0 Å². The van der Waals surface area contributed by atoms with Crippen LogP contribution in [-0.2, 0) is 0 Å². The average Bonchev–Trinajstić information content (AvgIpc) is 2.01. The molecule has 1 rings (SSSR count). The van der Waals surface area contributed by atoms with Crippen molar-refractivity contribution in [3.8, 4) is 0 Å². The number of hydrogen-bond acceptors (Lipinski definition) is 3. The maximum atomic E-state index is 9.50. The van der Waals surface area contributed by atoms with Crippen molar-refractivity contribution >= 4 is 0 Å². The first-order chi connectivity index (χ1) is 5.61. The van der Waals surface area contributed by atoms with Crippen molar-refractivity contribution in [3.63, 3.8) is 0 Å². The molecule has 4 atom stereocenters. The van der Waals surface area contributed by atoms with E-state index in [2.05, 4.69) is 0 Å². The van der Waals surface area contributed by atoms with E-state index >= 15 is 0 Å². The van der Waals surface area contributed by atoms with Crippen molar-refractivity contribution in [1.82, 2.24) is 0 Å². The molecule has 1 aliphatic rings. The molecule has 12 heavy (non-hydrogen) atoms. The highest BCUT2D eigenvalue weighted by Crippen LogP contribution is 2.22. The molecule has 0 bridgehead atoms. The summed E-state index contributed by atoms with van der Waals surface area (Å²) in [4.78, 5) is 0. The summed E-state index contributed by atoms with van der Waals surface area (Å²) < 4.78 is 0. The highest BCUT2D eigenvalue weighted by Gasteiger charge is 2.26. The Hall–Kier alpha value is -0.120. The summed E-state index contributed by atoms with van der Waals surface area (Å²) >= 11 is 0. The van der Waals surface area contributed by atoms with E-state index in [0.717, 1.165) is 6.42 Å². The Morgan fingerprint density at radius 2 is 1.67 bits per heavy atom. The SMILES string of the molecule is CC1C(O)CCCC(O)CC1O. The van der Waals surface area contributed by atoms with Crippen molar-refractivity contribution in [2.24, 2.45) is 5.92 Å². The van der Waals surface area contributed by atoms with Crippen LogP contribution in [0.1, 0.15) is 32.6 Å². The summed E-state index contributed by atoms with van der Waals surface area (Å²) in [6, 6.07) is 0. The number of rotatable bonds is 0.